The van der Waals surface area contributed by atoms with Crippen LogP contribution >= 0.6 is 11.6 Å². The normalized spacial score (nSPS) is 14.9. The topological polar surface area (TPSA) is 96.8 Å². The average molecular weight is 526 g/mol. The molecule has 0 unspecified atom stereocenters. The summed E-state index contributed by atoms with van der Waals surface area (Å²) < 4.78 is 6.97. The zero-order valence-corrected chi connectivity index (χ0v) is 22.3. The van der Waals surface area contributed by atoms with Gasteiger partial charge in [-0.25, -0.2) is 9.78 Å². The molecule has 2 aromatic carbocycles. The van der Waals surface area contributed by atoms with Crippen molar-refractivity contribution in [1.82, 2.24) is 19.4 Å². The minimum atomic E-state index is -0.774. The fourth-order valence-corrected chi connectivity index (χ4v) is 4.45. The molecule has 196 valence electrons. The monoisotopic (exact) mass is 525 g/mol. The summed E-state index contributed by atoms with van der Waals surface area (Å²) in [5, 5.41) is 4.12. The molecule has 1 aliphatic rings. The summed E-state index contributed by atoms with van der Waals surface area (Å²) in [6.07, 6.45) is -0.384. The number of hydrogen-bond donors (Lipinski definition) is 1. The number of hydrogen-bond acceptors (Lipinski definition) is 6. The Morgan fingerprint density at radius 3 is 2.32 bits per heavy atom. The van der Waals surface area contributed by atoms with Crippen molar-refractivity contribution in [3.05, 3.63) is 69.5 Å². The van der Waals surface area contributed by atoms with E-state index in [1.165, 1.54) is 4.57 Å². The lowest BCUT2D eigenvalue weighted by molar-refractivity contribution is -0.134. The van der Waals surface area contributed by atoms with Crippen molar-refractivity contribution in [3.8, 4) is 0 Å². The number of piperazine rings is 1. The summed E-state index contributed by atoms with van der Waals surface area (Å²) in [5.74, 6) is 0.139. The highest BCUT2D eigenvalue weighted by atomic mass is 35.5. The smallest absolute Gasteiger partial charge is 0.410 e. The third-order valence-electron chi connectivity index (χ3n) is 6.13. The minimum Gasteiger partial charge on any atom is -0.444 e. The van der Waals surface area contributed by atoms with Gasteiger partial charge in [0.2, 0.25) is 11.9 Å². The van der Waals surface area contributed by atoms with E-state index in [1.807, 2.05) is 58.0 Å². The molecule has 37 heavy (non-hydrogen) atoms. The van der Waals surface area contributed by atoms with E-state index < -0.39 is 11.6 Å². The van der Waals surface area contributed by atoms with Crippen molar-refractivity contribution in [2.75, 3.05) is 31.5 Å². The number of rotatable bonds is 5. The van der Waals surface area contributed by atoms with Crippen molar-refractivity contribution >= 4 is 40.5 Å². The molecule has 0 bridgehead atoms. The molecule has 1 aliphatic heterocycles. The zero-order chi connectivity index (χ0) is 26.7. The highest BCUT2D eigenvalue weighted by Gasteiger charge is 2.32. The second-order valence-electron chi connectivity index (χ2n) is 9.93. The number of aromatic nitrogens is 2. The lowest BCUT2D eigenvalue weighted by Crippen LogP contribution is -2.53. The molecule has 3 aromatic rings. The van der Waals surface area contributed by atoms with E-state index in [-0.39, 0.29) is 17.6 Å². The van der Waals surface area contributed by atoms with Gasteiger partial charge in [0.15, 0.2) is 0 Å². The first kappa shape index (κ1) is 26.5. The van der Waals surface area contributed by atoms with E-state index in [1.54, 1.807) is 28.0 Å². The van der Waals surface area contributed by atoms with Crippen molar-refractivity contribution < 1.29 is 14.3 Å². The van der Waals surface area contributed by atoms with Crippen molar-refractivity contribution in [2.24, 2.45) is 0 Å². The van der Waals surface area contributed by atoms with Gasteiger partial charge in [0.05, 0.1) is 10.9 Å². The lowest BCUT2D eigenvalue weighted by Gasteiger charge is -2.37. The van der Waals surface area contributed by atoms with E-state index in [4.69, 9.17) is 16.3 Å². The van der Waals surface area contributed by atoms with Gasteiger partial charge >= 0.3 is 6.09 Å². The predicted octanol–water partition coefficient (Wildman–Crippen LogP) is 4.30. The van der Waals surface area contributed by atoms with Gasteiger partial charge in [0.1, 0.15) is 11.6 Å². The van der Waals surface area contributed by atoms with Crippen LogP contribution in [-0.4, -0.2) is 63.1 Å². The van der Waals surface area contributed by atoms with Crippen molar-refractivity contribution in [3.63, 3.8) is 0 Å². The molecule has 1 N–H and O–H groups in total. The first-order valence-electron chi connectivity index (χ1n) is 12.4. The van der Waals surface area contributed by atoms with Crippen LogP contribution in [0.15, 0.2) is 53.3 Å². The number of fused-ring (bicyclic) bond motifs is 1. The Balaban J connectivity index is 1.61. The molecule has 2 heterocycles. The van der Waals surface area contributed by atoms with Gasteiger partial charge in [-0.2, -0.15) is 0 Å². The lowest BCUT2D eigenvalue weighted by atomic mass is 10.1. The van der Waals surface area contributed by atoms with E-state index in [2.05, 4.69) is 10.3 Å². The fourth-order valence-electron chi connectivity index (χ4n) is 4.28. The van der Waals surface area contributed by atoms with Crippen LogP contribution in [0.2, 0.25) is 5.02 Å². The molecule has 1 aromatic heterocycles. The highest BCUT2D eigenvalue weighted by Crippen LogP contribution is 2.24. The van der Waals surface area contributed by atoms with Crippen LogP contribution in [0.25, 0.3) is 10.9 Å². The van der Waals surface area contributed by atoms with Crippen molar-refractivity contribution in [2.45, 2.75) is 45.9 Å². The maximum Gasteiger partial charge on any atom is 0.410 e. The number of carbonyl (C=O) groups is 2. The number of anilines is 1. The standard InChI is InChI=1S/C27H32ClN5O4/c1-5-33-23(34)20-17-19(28)11-12-21(20)29-25(33)30-22(18-9-7-6-8-10-18)24(35)31-13-15-32(16-14-31)26(36)37-27(2,3)4/h6-12,17,22H,5,13-16H2,1-4H3,(H,29,30)/t22-/m1/s1. The number of halogens is 1. The van der Waals surface area contributed by atoms with Gasteiger partial charge in [-0.1, -0.05) is 41.9 Å². The van der Waals surface area contributed by atoms with Crippen LogP contribution in [0, 0.1) is 0 Å². The molecule has 0 radical (unpaired) electrons. The summed E-state index contributed by atoms with van der Waals surface area (Å²) in [4.78, 5) is 47.5. The van der Waals surface area contributed by atoms with Crippen LogP contribution in [0.4, 0.5) is 10.7 Å². The molecule has 1 atom stereocenters. The predicted molar refractivity (Wildman–Crippen MR) is 144 cm³/mol. The molecule has 0 spiro atoms. The maximum absolute atomic E-state index is 13.8. The number of benzene rings is 2. The maximum atomic E-state index is 13.8. The summed E-state index contributed by atoms with van der Waals surface area (Å²) in [6.45, 7) is 9.17. The van der Waals surface area contributed by atoms with E-state index in [9.17, 15) is 14.4 Å². The second-order valence-corrected chi connectivity index (χ2v) is 10.4. The Bertz CT molecular complexity index is 1340. The molecular weight excluding hydrogens is 494 g/mol. The molecule has 4 rings (SSSR count). The van der Waals surface area contributed by atoms with E-state index in [0.29, 0.717) is 54.6 Å². The van der Waals surface area contributed by atoms with Gasteiger partial charge in [0, 0.05) is 37.7 Å². The number of nitrogens with one attached hydrogen (secondary N) is 1. The van der Waals surface area contributed by atoms with Gasteiger partial charge in [0.25, 0.3) is 5.56 Å². The molecule has 9 nitrogen and oxygen atoms in total. The van der Waals surface area contributed by atoms with Crippen LogP contribution in [0.1, 0.15) is 39.3 Å². The van der Waals surface area contributed by atoms with E-state index in [0.717, 1.165) is 5.56 Å². The minimum absolute atomic E-state index is 0.164. The molecule has 1 fully saturated rings. The molecule has 0 aliphatic carbocycles. The Kier molecular flexibility index (Phi) is 7.73. The van der Waals surface area contributed by atoms with Crippen LogP contribution in [0.3, 0.4) is 0 Å². The van der Waals surface area contributed by atoms with Gasteiger partial charge in [-0.3, -0.25) is 14.2 Å². The third kappa shape index (κ3) is 6.05. The summed E-state index contributed by atoms with van der Waals surface area (Å²) in [7, 11) is 0. The number of carbonyl (C=O) groups excluding carboxylic acids is 2. The highest BCUT2D eigenvalue weighted by molar-refractivity contribution is 6.31. The SMILES string of the molecule is CCn1c(N[C@@H](C(=O)N2CCN(C(=O)OC(C)(C)C)CC2)c2ccccc2)nc2ccc(Cl)cc2c1=O. The average Bonchev–Trinajstić information content (AvgIpc) is 2.87. The Morgan fingerprint density at radius 1 is 1.05 bits per heavy atom. The van der Waals surface area contributed by atoms with Crippen LogP contribution in [-0.2, 0) is 16.1 Å². The van der Waals surface area contributed by atoms with Crippen molar-refractivity contribution in [1.29, 1.82) is 0 Å². The van der Waals surface area contributed by atoms with Crippen LogP contribution in [0.5, 0.6) is 0 Å². The molecular formula is C27H32ClN5O4. The second kappa shape index (κ2) is 10.8. The Labute approximate surface area is 221 Å². The first-order valence-corrected chi connectivity index (χ1v) is 12.7. The summed E-state index contributed by atoms with van der Waals surface area (Å²) in [6, 6.07) is 13.5. The number of ether oxygens (including phenoxy) is 1. The van der Waals surface area contributed by atoms with Gasteiger partial charge in [-0.15, -0.1) is 0 Å². The molecule has 10 heteroatoms. The fraction of sp³-hybridized carbons (Fsp3) is 0.407. The quantitative estimate of drug-likeness (QED) is 0.533. The van der Waals surface area contributed by atoms with E-state index >= 15 is 0 Å². The number of nitrogens with zero attached hydrogens (tertiary/aromatic N) is 4. The van der Waals surface area contributed by atoms with Gasteiger partial charge < -0.3 is 19.9 Å². The van der Waals surface area contributed by atoms with Gasteiger partial charge in [-0.05, 0) is 51.5 Å². The first-order chi connectivity index (χ1) is 17.6. The number of amides is 2. The van der Waals surface area contributed by atoms with Crippen LogP contribution < -0.4 is 10.9 Å². The molecule has 1 saturated heterocycles. The Morgan fingerprint density at radius 2 is 1.70 bits per heavy atom. The summed E-state index contributed by atoms with van der Waals surface area (Å²) in [5.41, 5.74) is 0.421. The largest absolute Gasteiger partial charge is 0.444 e. The molecule has 0 saturated carbocycles. The molecule has 2 amide bonds. The zero-order valence-electron chi connectivity index (χ0n) is 21.5. The Hall–Kier alpha value is -3.59. The third-order valence-corrected chi connectivity index (χ3v) is 6.36. The summed E-state index contributed by atoms with van der Waals surface area (Å²) >= 11 is 6.11.